The zero-order valence-electron chi connectivity index (χ0n) is 10.5. The summed E-state index contributed by atoms with van der Waals surface area (Å²) in [4.78, 5) is 11.0. The Bertz CT molecular complexity index is 554. The second-order valence-electron chi connectivity index (χ2n) is 4.67. The molecule has 8 heteroatoms. The first-order valence-corrected chi connectivity index (χ1v) is 6.69. The van der Waals surface area contributed by atoms with Gasteiger partial charge in [-0.25, -0.2) is 13.1 Å². The molecule has 0 aromatic carbocycles. The fourth-order valence-electron chi connectivity index (χ4n) is 1.28. The van der Waals surface area contributed by atoms with Gasteiger partial charge in [-0.1, -0.05) is 0 Å². The molecule has 0 fully saturated rings. The van der Waals surface area contributed by atoms with E-state index in [0.29, 0.717) is 0 Å². The van der Waals surface area contributed by atoms with Gasteiger partial charge in [-0.2, -0.15) is 0 Å². The van der Waals surface area contributed by atoms with E-state index in [0.717, 1.165) is 0 Å². The molecule has 1 aromatic heterocycles. The van der Waals surface area contributed by atoms with Crippen molar-refractivity contribution < 1.29 is 18.3 Å². The first-order chi connectivity index (χ1) is 8.03. The minimum absolute atomic E-state index is 0.0666. The number of hydrogen-bond acceptors (Lipinski definition) is 4. The molecule has 1 aromatic rings. The maximum atomic E-state index is 11.9. The second-order valence-corrected chi connectivity index (χ2v) is 6.44. The molecule has 0 spiro atoms. The van der Waals surface area contributed by atoms with Crippen molar-refractivity contribution in [1.29, 1.82) is 0 Å². The number of nitrogens with two attached hydrogens (primary N) is 1. The molecule has 4 N–H and O–H groups in total. The summed E-state index contributed by atoms with van der Waals surface area (Å²) in [6, 6.07) is 1.19. The number of aliphatic hydroxyl groups is 1. The van der Waals surface area contributed by atoms with Gasteiger partial charge in [0.2, 0.25) is 10.0 Å². The van der Waals surface area contributed by atoms with Gasteiger partial charge in [0.15, 0.2) is 0 Å². The molecule has 0 saturated carbocycles. The van der Waals surface area contributed by atoms with Gasteiger partial charge in [-0.3, -0.25) is 4.79 Å². The van der Waals surface area contributed by atoms with Crippen molar-refractivity contribution >= 4 is 15.9 Å². The van der Waals surface area contributed by atoms with Crippen molar-refractivity contribution in [3.8, 4) is 0 Å². The van der Waals surface area contributed by atoms with E-state index in [1.165, 1.54) is 37.7 Å². The number of nitrogens with one attached hydrogen (secondary N) is 1. The highest BCUT2D eigenvalue weighted by molar-refractivity contribution is 7.89. The monoisotopic (exact) mass is 275 g/mol. The summed E-state index contributed by atoms with van der Waals surface area (Å²) in [7, 11) is -2.24. The molecule has 0 radical (unpaired) electrons. The largest absolute Gasteiger partial charge is 0.389 e. The van der Waals surface area contributed by atoms with Gasteiger partial charge >= 0.3 is 0 Å². The molecule has 0 saturated heterocycles. The number of sulfonamides is 1. The van der Waals surface area contributed by atoms with Crippen LogP contribution in [0.25, 0.3) is 0 Å². The summed E-state index contributed by atoms with van der Waals surface area (Å²) in [5, 5.41) is 9.47. The lowest BCUT2D eigenvalue weighted by Gasteiger charge is -2.17. The third-order valence-electron chi connectivity index (χ3n) is 2.24. The van der Waals surface area contributed by atoms with Crippen molar-refractivity contribution in [3.63, 3.8) is 0 Å². The molecule has 0 aliphatic carbocycles. The lowest BCUT2D eigenvalue weighted by Crippen LogP contribution is -2.38. The number of carbonyl (C=O) groups excluding carboxylic acids is 1. The molecule has 102 valence electrons. The van der Waals surface area contributed by atoms with Crippen LogP contribution in [0.3, 0.4) is 0 Å². The summed E-state index contributed by atoms with van der Waals surface area (Å²) in [6.45, 7) is 2.83. The lowest BCUT2D eigenvalue weighted by molar-refractivity contribution is 0.0857. The smallest absolute Gasteiger partial charge is 0.265 e. The fourth-order valence-corrected chi connectivity index (χ4v) is 2.55. The maximum Gasteiger partial charge on any atom is 0.265 e. The number of hydrogen-bond donors (Lipinski definition) is 3. The van der Waals surface area contributed by atoms with Gasteiger partial charge in [-0.05, 0) is 19.9 Å². The van der Waals surface area contributed by atoms with E-state index in [1.54, 1.807) is 0 Å². The van der Waals surface area contributed by atoms with Crippen LogP contribution in [0.1, 0.15) is 24.3 Å². The highest BCUT2D eigenvalue weighted by Crippen LogP contribution is 2.13. The lowest BCUT2D eigenvalue weighted by atomic mass is 10.1. The van der Waals surface area contributed by atoms with Crippen LogP contribution in [0.2, 0.25) is 0 Å². The Morgan fingerprint density at radius 2 is 2.11 bits per heavy atom. The Kier molecular flexibility index (Phi) is 3.84. The quantitative estimate of drug-likeness (QED) is 0.650. The average Bonchev–Trinajstić information content (AvgIpc) is 2.57. The zero-order valence-corrected chi connectivity index (χ0v) is 11.3. The number of amides is 1. The Hall–Kier alpha value is -1.38. The van der Waals surface area contributed by atoms with E-state index in [-0.39, 0.29) is 17.1 Å². The van der Waals surface area contributed by atoms with Crippen molar-refractivity contribution in [2.24, 2.45) is 12.8 Å². The molecule has 0 atom stereocenters. The summed E-state index contributed by atoms with van der Waals surface area (Å²) in [6.07, 6.45) is 1.28. The molecule has 0 aliphatic heterocycles. The van der Waals surface area contributed by atoms with Gasteiger partial charge in [0.25, 0.3) is 5.91 Å². The van der Waals surface area contributed by atoms with E-state index in [9.17, 15) is 18.3 Å². The first kappa shape index (κ1) is 14.7. The molecule has 7 nitrogen and oxygen atoms in total. The molecule has 1 amide bonds. The fraction of sp³-hybridized carbons (Fsp3) is 0.500. The Morgan fingerprint density at radius 3 is 2.50 bits per heavy atom. The number of nitrogens with zero attached hydrogens (tertiary/aromatic N) is 1. The Labute approximate surface area is 106 Å². The molecule has 18 heavy (non-hydrogen) atoms. The van der Waals surface area contributed by atoms with Gasteiger partial charge in [0.05, 0.1) is 5.60 Å². The van der Waals surface area contributed by atoms with Crippen LogP contribution < -0.4 is 10.5 Å². The Morgan fingerprint density at radius 1 is 1.56 bits per heavy atom. The van der Waals surface area contributed by atoms with Crippen molar-refractivity contribution in [3.05, 3.63) is 18.0 Å². The topological polar surface area (TPSA) is 114 Å². The number of rotatable bonds is 5. The molecule has 0 unspecified atom stereocenters. The third-order valence-corrected chi connectivity index (χ3v) is 3.61. The third kappa shape index (κ3) is 3.56. The molecule has 1 rings (SSSR count). The van der Waals surface area contributed by atoms with E-state index in [4.69, 9.17) is 5.73 Å². The van der Waals surface area contributed by atoms with Crippen LogP contribution in [0.5, 0.6) is 0 Å². The highest BCUT2D eigenvalue weighted by atomic mass is 32.2. The number of aryl methyl sites for hydroxylation is 1. The van der Waals surface area contributed by atoms with Crippen LogP contribution in [0.4, 0.5) is 0 Å². The van der Waals surface area contributed by atoms with Gasteiger partial charge in [0, 0.05) is 19.8 Å². The molecular weight excluding hydrogens is 258 g/mol. The van der Waals surface area contributed by atoms with Crippen molar-refractivity contribution in [2.75, 3.05) is 6.54 Å². The number of primary amides is 1. The molecular formula is C10H17N3O4S. The average molecular weight is 275 g/mol. The summed E-state index contributed by atoms with van der Waals surface area (Å²) < 4.78 is 27.3. The highest BCUT2D eigenvalue weighted by Gasteiger charge is 2.22. The Balaban J connectivity index is 2.99. The van der Waals surface area contributed by atoms with E-state index < -0.39 is 21.5 Å². The standard InChI is InChI=1S/C10H17N3O4S/c1-10(2,15)6-12-18(16,17)7-4-8(9(11)14)13(3)5-7/h4-5,12,15H,6H2,1-3H3,(H2,11,14). The number of carbonyl (C=O) groups is 1. The summed E-state index contributed by atoms with van der Waals surface area (Å²) in [5.74, 6) is -0.707. The van der Waals surface area contributed by atoms with Gasteiger partial charge in [-0.15, -0.1) is 0 Å². The first-order valence-electron chi connectivity index (χ1n) is 5.21. The predicted molar refractivity (Wildman–Crippen MR) is 65.4 cm³/mol. The van der Waals surface area contributed by atoms with Crippen LogP contribution in [-0.2, 0) is 17.1 Å². The van der Waals surface area contributed by atoms with E-state index in [1.807, 2.05) is 0 Å². The molecule has 0 aliphatic rings. The van der Waals surface area contributed by atoms with E-state index >= 15 is 0 Å². The normalized spacial score (nSPS) is 12.7. The molecule has 0 bridgehead atoms. The number of aromatic nitrogens is 1. The van der Waals surface area contributed by atoms with Crippen LogP contribution in [-0.4, -0.2) is 36.1 Å². The maximum absolute atomic E-state index is 11.9. The van der Waals surface area contributed by atoms with Crippen molar-refractivity contribution in [2.45, 2.75) is 24.3 Å². The minimum atomic E-state index is -3.77. The predicted octanol–water partition coefficient (Wildman–Crippen LogP) is -0.827. The zero-order chi connectivity index (χ0) is 14.1. The van der Waals surface area contributed by atoms with Crippen LogP contribution in [0, 0.1) is 0 Å². The SMILES string of the molecule is Cn1cc(S(=O)(=O)NCC(C)(C)O)cc1C(N)=O. The van der Waals surface area contributed by atoms with E-state index in [2.05, 4.69) is 4.72 Å². The summed E-state index contributed by atoms with van der Waals surface area (Å²) in [5.41, 5.74) is 4.04. The van der Waals surface area contributed by atoms with Crippen LogP contribution in [0.15, 0.2) is 17.2 Å². The molecule has 1 heterocycles. The minimum Gasteiger partial charge on any atom is -0.389 e. The van der Waals surface area contributed by atoms with Crippen LogP contribution >= 0.6 is 0 Å². The van der Waals surface area contributed by atoms with Gasteiger partial charge in [0.1, 0.15) is 10.6 Å². The van der Waals surface area contributed by atoms with Gasteiger partial charge < -0.3 is 15.4 Å². The second kappa shape index (κ2) is 4.71. The van der Waals surface area contributed by atoms with Crippen molar-refractivity contribution in [1.82, 2.24) is 9.29 Å². The summed E-state index contributed by atoms with van der Waals surface area (Å²) >= 11 is 0.